The summed E-state index contributed by atoms with van der Waals surface area (Å²) in [6.07, 6.45) is 2.07. The maximum Gasteiger partial charge on any atom is 0.243 e. The summed E-state index contributed by atoms with van der Waals surface area (Å²) in [7, 11) is 0. The molecule has 31 heavy (non-hydrogen) atoms. The lowest BCUT2D eigenvalue weighted by Gasteiger charge is -2.12. The minimum absolute atomic E-state index is 0.0156. The molecule has 1 aliphatic carbocycles. The van der Waals surface area contributed by atoms with E-state index in [4.69, 9.17) is 0 Å². The molecule has 0 atom stereocenters. The number of fused-ring (bicyclic) bond motifs is 1. The van der Waals surface area contributed by atoms with E-state index in [9.17, 15) is 14.4 Å². The molecule has 0 bridgehead atoms. The molecule has 3 N–H and O–H groups in total. The zero-order valence-electron chi connectivity index (χ0n) is 17.4. The van der Waals surface area contributed by atoms with Crippen molar-refractivity contribution in [1.29, 1.82) is 0 Å². The average Bonchev–Trinajstić information content (AvgIpc) is 3.61. The first-order valence-corrected chi connectivity index (χ1v) is 10.4. The molecule has 0 aromatic heterocycles. The van der Waals surface area contributed by atoms with Crippen LogP contribution < -0.4 is 16.0 Å². The molecule has 0 aliphatic heterocycles. The molecule has 0 heterocycles. The van der Waals surface area contributed by atoms with Crippen molar-refractivity contribution in [3.05, 3.63) is 71.8 Å². The summed E-state index contributed by atoms with van der Waals surface area (Å²) >= 11 is 0. The van der Waals surface area contributed by atoms with Crippen LogP contribution in [0.1, 0.15) is 24.0 Å². The van der Waals surface area contributed by atoms with Crippen molar-refractivity contribution < 1.29 is 14.4 Å². The Morgan fingerprint density at radius 2 is 1.68 bits per heavy atom. The Labute approximate surface area is 181 Å². The third kappa shape index (κ3) is 5.28. The fourth-order valence-electron chi connectivity index (χ4n) is 3.48. The van der Waals surface area contributed by atoms with E-state index >= 15 is 0 Å². The number of benzene rings is 3. The lowest BCUT2D eigenvalue weighted by molar-refractivity contribution is -0.123. The van der Waals surface area contributed by atoms with E-state index in [0.29, 0.717) is 11.4 Å². The molecule has 1 aliphatic rings. The van der Waals surface area contributed by atoms with Gasteiger partial charge in [0.05, 0.1) is 13.0 Å². The van der Waals surface area contributed by atoms with E-state index in [1.807, 2.05) is 61.5 Å². The molecule has 0 radical (unpaired) electrons. The first-order chi connectivity index (χ1) is 15.0. The highest BCUT2D eigenvalue weighted by molar-refractivity contribution is 5.98. The summed E-state index contributed by atoms with van der Waals surface area (Å²) in [5, 5.41) is 10.5. The number of carbonyl (C=O) groups is 3. The van der Waals surface area contributed by atoms with E-state index < -0.39 is 0 Å². The van der Waals surface area contributed by atoms with Gasteiger partial charge in [-0.2, -0.15) is 0 Å². The number of aryl methyl sites for hydroxylation is 1. The third-order valence-corrected chi connectivity index (χ3v) is 5.40. The number of nitrogens with one attached hydrogen (secondary N) is 3. The minimum atomic E-state index is -0.319. The highest BCUT2D eigenvalue weighted by Crippen LogP contribution is 2.30. The van der Waals surface area contributed by atoms with Crippen molar-refractivity contribution in [3.63, 3.8) is 0 Å². The number of hydrogen-bond acceptors (Lipinski definition) is 3. The highest BCUT2D eigenvalue weighted by Gasteiger charge is 2.29. The maximum absolute atomic E-state index is 12.4. The Balaban J connectivity index is 1.32. The molecule has 0 saturated heterocycles. The third-order valence-electron chi connectivity index (χ3n) is 5.40. The summed E-state index contributed by atoms with van der Waals surface area (Å²) < 4.78 is 0. The van der Waals surface area contributed by atoms with Crippen LogP contribution >= 0.6 is 0 Å². The second-order valence-corrected chi connectivity index (χ2v) is 7.93. The van der Waals surface area contributed by atoms with Crippen LogP contribution in [0.25, 0.3) is 10.8 Å². The van der Waals surface area contributed by atoms with Crippen molar-refractivity contribution in [2.75, 3.05) is 17.2 Å². The summed E-state index contributed by atoms with van der Waals surface area (Å²) in [4.78, 5) is 36.7. The molecule has 6 heteroatoms. The summed E-state index contributed by atoms with van der Waals surface area (Å²) in [5.74, 6) is -0.410. The van der Waals surface area contributed by atoms with Gasteiger partial charge in [-0.1, -0.05) is 48.5 Å². The van der Waals surface area contributed by atoms with Gasteiger partial charge in [0.25, 0.3) is 0 Å². The monoisotopic (exact) mass is 415 g/mol. The van der Waals surface area contributed by atoms with Crippen molar-refractivity contribution in [3.8, 4) is 0 Å². The van der Waals surface area contributed by atoms with Gasteiger partial charge < -0.3 is 16.0 Å². The van der Waals surface area contributed by atoms with Crippen LogP contribution in [0.5, 0.6) is 0 Å². The van der Waals surface area contributed by atoms with Crippen LogP contribution in [0.4, 0.5) is 11.4 Å². The van der Waals surface area contributed by atoms with Crippen molar-refractivity contribution in [2.45, 2.75) is 26.2 Å². The van der Waals surface area contributed by atoms with Crippen molar-refractivity contribution in [2.24, 2.45) is 5.92 Å². The fourth-order valence-corrected chi connectivity index (χ4v) is 3.48. The van der Waals surface area contributed by atoms with Crippen LogP contribution in [0.3, 0.4) is 0 Å². The van der Waals surface area contributed by atoms with Crippen LogP contribution in [-0.2, 0) is 20.8 Å². The largest absolute Gasteiger partial charge is 0.347 e. The molecule has 0 unspecified atom stereocenters. The van der Waals surface area contributed by atoms with Crippen molar-refractivity contribution in [1.82, 2.24) is 5.32 Å². The number of anilines is 2. The number of rotatable bonds is 7. The van der Waals surface area contributed by atoms with Crippen LogP contribution in [-0.4, -0.2) is 24.3 Å². The van der Waals surface area contributed by atoms with E-state index in [-0.39, 0.29) is 36.6 Å². The predicted molar refractivity (Wildman–Crippen MR) is 122 cm³/mol. The van der Waals surface area contributed by atoms with Gasteiger partial charge >= 0.3 is 0 Å². The molecular weight excluding hydrogens is 390 g/mol. The molecule has 6 nitrogen and oxygen atoms in total. The second-order valence-electron chi connectivity index (χ2n) is 7.93. The van der Waals surface area contributed by atoms with E-state index in [1.165, 1.54) is 0 Å². The van der Waals surface area contributed by atoms with Gasteiger partial charge in [-0.25, -0.2) is 0 Å². The summed E-state index contributed by atoms with van der Waals surface area (Å²) in [6, 6.07) is 19.2. The second kappa shape index (κ2) is 9.00. The Bertz CT molecular complexity index is 1150. The van der Waals surface area contributed by atoms with Gasteiger partial charge in [0, 0.05) is 17.3 Å². The Kier molecular flexibility index (Phi) is 5.98. The van der Waals surface area contributed by atoms with Crippen molar-refractivity contribution >= 4 is 39.9 Å². The Hall–Kier alpha value is -3.67. The van der Waals surface area contributed by atoms with Crippen LogP contribution in [0.15, 0.2) is 60.7 Å². The van der Waals surface area contributed by atoms with E-state index in [2.05, 4.69) is 16.0 Å². The lowest BCUT2D eigenvalue weighted by Crippen LogP contribution is -2.34. The SMILES string of the molecule is Cc1ccc(NC(=O)C2CC2)cc1NC(=O)CNC(=O)Cc1cccc2ccccc12. The van der Waals surface area contributed by atoms with Gasteiger partial charge in [-0.05, 0) is 53.8 Å². The molecule has 3 aromatic carbocycles. The standard InChI is InChI=1S/C25H25N3O3/c1-16-9-12-20(27-25(31)18-10-11-18)14-22(16)28-24(30)15-26-23(29)13-19-7-4-6-17-5-2-3-8-21(17)19/h2-9,12,14,18H,10-11,13,15H2,1H3,(H,26,29)(H,27,31)(H,28,30). The molecule has 1 fully saturated rings. The molecule has 3 aromatic rings. The molecule has 158 valence electrons. The van der Waals surface area contributed by atoms with Crippen LogP contribution in [0, 0.1) is 12.8 Å². The minimum Gasteiger partial charge on any atom is -0.347 e. The van der Waals surface area contributed by atoms with Gasteiger partial charge in [-0.15, -0.1) is 0 Å². The fraction of sp³-hybridized carbons (Fsp3) is 0.240. The first-order valence-electron chi connectivity index (χ1n) is 10.4. The maximum atomic E-state index is 12.4. The zero-order chi connectivity index (χ0) is 21.8. The van der Waals surface area contributed by atoms with Crippen LogP contribution in [0.2, 0.25) is 0 Å². The molecule has 1 saturated carbocycles. The van der Waals surface area contributed by atoms with E-state index in [1.54, 1.807) is 6.07 Å². The normalized spacial score (nSPS) is 12.9. The highest BCUT2D eigenvalue weighted by atomic mass is 16.2. The molecule has 4 rings (SSSR count). The summed E-state index contributed by atoms with van der Waals surface area (Å²) in [6.45, 7) is 1.75. The molecule has 3 amide bonds. The van der Waals surface area contributed by atoms with Gasteiger partial charge in [0.2, 0.25) is 17.7 Å². The smallest absolute Gasteiger partial charge is 0.243 e. The number of amides is 3. The Morgan fingerprint density at radius 3 is 2.48 bits per heavy atom. The van der Waals surface area contributed by atoms with E-state index in [0.717, 1.165) is 34.7 Å². The first kappa shape index (κ1) is 20.6. The number of hydrogen-bond donors (Lipinski definition) is 3. The van der Waals surface area contributed by atoms with Gasteiger partial charge in [0.1, 0.15) is 0 Å². The predicted octanol–water partition coefficient (Wildman–Crippen LogP) is 3.79. The molecular formula is C25H25N3O3. The lowest BCUT2D eigenvalue weighted by atomic mass is 10.0. The topological polar surface area (TPSA) is 87.3 Å². The summed E-state index contributed by atoms with van der Waals surface area (Å²) in [5.41, 5.74) is 3.06. The van der Waals surface area contributed by atoms with Gasteiger partial charge in [-0.3, -0.25) is 14.4 Å². The number of carbonyl (C=O) groups excluding carboxylic acids is 3. The van der Waals surface area contributed by atoms with Gasteiger partial charge in [0.15, 0.2) is 0 Å². The zero-order valence-corrected chi connectivity index (χ0v) is 17.4. The molecule has 0 spiro atoms. The quantitative estimate of drug-likeness (QED) is 0.549. The Morgan fingerprint density at radius 1 is 0.903 bits per heavy atom. The average molecular weight is 415 g/mol.